The summed E-state index contributed by atoms with van der Waals surface area (Å²) in [4.78, 5) is 0. The third-order valence-corrected chi connectivity index (χ3v) is 3.75. The Morgan fingerprint density at radius 3 is 1.53 bits per heavy atom. The number of rotatable bonds is 14. The van der Waals surface area contributed by atoms with E-state index in [1.807, 2.05) is 0 Å². The molecule has 3 nitrogen and oxygen atoms in total. The number of alkyl halides is 1. The van der Waals surface area contributed by atoms with Crippen LogP contribution in [0.15, 0.2) is 0 Å². The summed E-state index contributed by atoms with van der Waals surface area (Å²) >= 11 is 5.60. The first-order valence-electron chi connectivity index (χ1n) is 7.75. The lowest BCUT2D eigenvalue weighted by Gasteiger charge is -2.17. The third kappa shape index (κ3) is 12.9. The molecule has 0 aromatic heterocycles. The minimum atomic E-state index is -0.586. The molecule has 3 N–H and O–H groups in total. The van der Waals surface area contributed by atoms with Gasteiger partial charge in [-0.15, -0.1) is 11.6 Å². The second-order valence-electron chi connectivity index (χ2n) is 5.31. The molecule has 0 bridgehead atoms. The van der Waals surface area contributed by atoms with Crippen molar-refractivity contribution in [3.63, 3.8) is 0 Å². The zero-order chi connectivity index (χ0) is 14.3. The van der Waals surface area contributed by atoms with Crippen molar-refractivity contribution >= 4 is 11.6 Å². The van der Waals surface area contributed by atoms with Crippen molar-refractivity contribution in [1.82, 2.24) is 0 Å². The van der Waals surface area contributed by atoms with Crippen LogP contribution >= 0.6 is 11.6 Å². The van der Waals surface area contributed by atoms with Crippen LogP contribution in [0.1, 0.15) is 70.6 Å². The quantitative estimate of drug-likeness (QED) is 0.340. The van der Waals surface area contributed by atoms with Crippen LogP contribution in [0.5, 0.6) is 0 Å². The van der Waals surface area contributed by atoms with Gasteiger partial charge >= 0.3 is 0 Å². The van der Waals surface area contributed by atoms with Crippen LogP contribution in [0.4, 0.5) is 0 Å². The van der Waals surface area contributed by atoms with E-state index in [1.54, 1.807) is 0 Å². The van der Waals surface area contributed by atoms with Crippen LogP contribution < -0.4 is 0 Å². The number of hydrogen-bond donors (Lipinski definition) is 3. The van der Waals surface area contributed by atoms with Crippen molar-refractivity contribution < 1.29 is 15.3 Å². The Labute approximate surface area is 123 Å². The summed E-state index contributed by atoms with van der Waals surface area (Å²) in [6.07, 6.45) is 9.45. The molecule has 0 heterocycles. The molecule has 0 aromatic carbocycles. The summed E-state index contributed by atoms with van der Waals surface area (Å²) in [5.41, 5.74) is 0. The van der Waals surface area contributed by atoms with E-state index in [-0.39, 0.29) is 6.61 Å². The van der Waals surface area contributed by atoms with Crippen molar-refractivity contribution in [3.05, 3.63) is 0 Å². The fourth-order valence-corrected chi connectivity index (χ4v) is 2.37. The second-order valence-corrected chi connectivity index (χ2v) is 5.68. The summed E-state index contributed by atoms with van der Waals surface area (Å²) in [5, 5.41) is 28.3. The monoisotopic (exact) mass is 294 g/mol. The largest absolute Gasteiger partial charge is 0.396 e. The Balaban J connectivity index is 3.35. The van der Waals surface area contributed by atoms with E-state index in [9.17, 15) is 10.2 Å². The fraction of sp³-hybridized carbons (Fsp3) is 1.00. The number of aliphatic hydroxyl groups is 3. The highest BCUT2D eigenvalue weighted by atomic mass is 35.5. The Bertz CT molecular complexity index is 179. The van der Waals surface area contributed by atoms with Crippen LogP contribution in [0.2, 0.25) is 0 Å². The standard InChI is InChI=1S/C15H31ClO3/c16-12-8-4-1-2-6-10-14(18)15(19)11-7-3-5-9-13-17/h14-15,17-19H,1-13H2/t14-,15-/m1/s1. The van der Waals surface area contributed by atoms with Gasteiger partial charge in [0, 0.05) is 12.5 Å². The molecule has 4 heteroatoms. The average molecular weight is 295 g/mol. The first-order chi connectivity index (χ1) is 9.22. The highest BCUT2D eigenvalue weighted by molar-refractivity contribution is 6.17. The van der Waals surface area contributed by atoms with Crippen molar-refractivity contribution in [1.29, 1.82) is 0 Å². The van der Waals surface area contributed by atoms with E-state index in [4.69, 9.17) is 16.7 Å². The van der Waals surface area contributed by atoms with E-state index in [1.165, 1.54) is 0 Å². The molecule has 0 rings (SSSR count). The lowest BCUT2D eigenvalue weighted by Crippen LogP contribution is -2.25. The first kappa shape index (κ1) is 19.2. The lowest BCUT2D eigenvalue weighted by atomic mass is 10.0. The fourth-order valence-electron chi connectivity index (χ4n) is 2.18. The van der Waals surface area contributed by atoms with Crippen LogP contribution in [-0.2, 0) is 0 Å². The maximum atomic E-state index is 9.81. The van der Waals surface area contributed by atoms with E-state index < -0.39 is 12.2 Å². The SMILES string of the molecule is OCCCCCC[C@@H](O)[C@H](O)CCCCCCCCl. The molecule has 0 amide bonds. The van der Waals surface area contributed by atoms with E-state index >= 15 is 0 Å². The van der Waals surface area contributed by atoms with Gasteiger partial charge in [-0.25, -0.2) is 0 Å². The Hall–Kier alpha value is 0.170. The van der Waals surface area contributed by atoms with Crippen LogP contribution in [0.3, 0.4) is 0 Å². The van der Waals surface area contributed by atoms with Gasteiger partial charge in [0.1, 0.15) is 0 Å². The van der Waals surface area contributed by atoms with E-state index in [0.717, 1.165) is 63.7 Å². The van der Waals surface area contributed by atoms with Gasteiger partial charge in [-0.1, -0.05) is 44.9 Å². The van der Waals surface area contributed by atoms with E-state index in [0.29, 0.717) is 12.8 Å². The number of aliphatic hydroxyl groups excluding tert-OH is 3. The van der Waals surface area contributed by atoms with Gasteiger partial charge in [-0.05, 0) is 25.7 Å². The van der Waals surface area contributed by atoms with Crippen molar-refractivity contribution in [3.8, 4) is 0 Å². The highest BCUT2D eigenvalue weighted by Crippen LogP contribution is 2.14. The minimum Gasteiger partial charge on any atom is -0.396 e. The maximum absolute atomic E-state index is 9.81. The molecule has 0 spiro atoms. The van der Waals surface area contributed by atoms with Gasteiger partial charge in [-0.2, -0.15) is 0 Å². The topological polar surface area (TPSA) is 60.7 Å². The van der Waals surface area contributed by atoms with Crippen LogP contribution in [-0.4, -0.2) is 40.0 Å². The van der Waals surface area contributed by atoms with Gasteiger partial charge in [-0.3, -0.25) is 0 Å². The van der Waals surface area contributed by atoms with Crippen LogP contribution in [0.25, 0.3) is 0 Å². The van der Waals surface area contributed by atoms with Gasteiger partial charge in [0.05, 0.1) is 12.2 Å². The maximum Gasteiger partial charge on any atom is 0.0799 e. The molecule has 0 unspecified atom stereocenters. The van der Waals surface area contributed by atoms with E-state index in [2.05, 4.69) is 0 Å². The van der Waals surface area contributed by atoms with Crippen LogP contribution in [0, 0.1) is 0 Å². The average Bonchev–Trinajstić information content (AvgIpc) is 2.42. The minimum absolute atomic E-state index is 0.245. The third-order valence-electron chi connectivity index (χ3n) is 3.49. The molecule has 19 heavy (non-hydrogen) atoms. The summed E-state index contributed by atoms with van der Waals surface area (Å²) in [6, 6.07) is 0. The smallest absolute Gasteiger partial charge is 0.0799 e. The number of hydrogen-bond acceptors (Lipinski definition) is 3. The Morgan fingerprint density at radius 1 is 0.632 bits per heavy atom. The predicted octanol–water partition coefficient (Wildman–Crippen LogP) is 3.23. The molecule has 0 aromatic rings. The molecule has 0 saturated heterocycles. The molecule has 116 valence electrons. The summed E-state index contributed by atoms with van der Waals surface area (Å²) in [5.74, 6) is 0.734. The molecule has 0 saturated carbocycles. The predicted molar refractivity (Wildman–Crippen MR) is 80.6 cm³/mol. The number of unbranched alkanes of at least 4 members (excludes halogenated alkanes) is 7. The van der Waals surface area contributed by atoms with Gasteiger partial charge in [0.25, 0.3) is 0 Å². The molecule has 0 aliphatic heterocycles. The first-order valence-corrected chi connectivity index (χ1v) is 8.28. The Kier molecular flexibility index (Phi) is 14.7. The molecular formula is C15H31ClO3. The van der Waals surface area contributed by atoms with Crippen molar-refractivity contribution in [2.24, 2.45) is 0 Å². The molecule has 0 aliphatic rings. The molecule has 0 radical (unpaired) electrons. The number of halogens is 1. The lowest BCUT2D eigenvalue weighted by molar-refractivity contribution is 0.00709. The van der Waals surface area contributed by atoms with Gasteiger partial charge < -0.3 is 15.3 Å². The highest BCUT2D eigenvalue weighted by Gasteiger charge is 2.14. The summed E-state index contributed by atoms with van der Waals surface area (Å²) < 4.78 is 0. The van der Waals surface area contributed by atoms with Crippen molar-refractivity contribution in [2.45, 2.75) is 82.8 Å². The summed E-state index contributed by atoms with van der Waals surface area (Å²) in [6.45, 7) is 0.245. The molecule has 0 aliphatic carbocycles. The van der Waals surface area contributed by atoms with Crippen molar-refractivity contribution in [2.75, 3.05) is 12.5 Å². The zero-order valence-corrected chi connectivity index (χ0v) is 12.8. The molecule has 2 atom stereocenters. The molecular weight excluding hydrogens is 264 g/mol. The summed E-state index contributed by atoms with van der Waals surface area (Å²) in [7, 11) is 0. The molecule has 0 fully saturated rings. The normalized spacial score (nSPS) is 14.5. The van der Waals surface area contributed by atoms with Gasteiger partial charge in [0.2, 0.25) is 0 Å². The Morgan fingerprint density at radius 2 is 1.05 bits per heavy atom. The second kappa shape index (κ2) is 14.6. The zero-order valence-electron chi connectivity index (χ0n) is 12.1. The van der Waals surface area contributed by atoms with Gasteiger partial charge in [0.15, 0.2) is 0 Å².